The average Bonchev–Trinajstić information content (AvgIpc) is 2.85. The van der Waals surface area contributed by atoms with Gasteiger partial charge < -0.3 is 14.5 Å². The Balaban J connectivity index is 1.71. The Morgan fingerprint density at radius 2 is 2.16 bits per heavy atom. The third kappa shape index (κ3) is 4.02. The zero-order chi connectivity index (χ0) is 18.2. The molecule has 7 nitrogen and oxygen atoms in total. The monoisotopic (exact) mass is 383 g/mol. The van der Waals surface area contributed by atoms with Gasteiger partial charge in [-0.25, -0.2) is 13.2 Å². The lowest BCUT2D eigenvalue weighted by Gasteiger charge is -2.12. The molecule has 0 saturated heterocycles. The van der Waals surface area contributed by atoms with Crippen LogP contribution in [0.3, 0.4) is 0 Å². The highest BCUT2D eigenvalue weighted by molar-refractivity contribution is 7.94. The Kier molecular flexibility index (Phi) is 4.57. The smallest absolute Gasteiger partial charge is 0.336 e. The van der Waals surface area contributed by atoms with Gasteiger partial charge in [0.2, 0.25) is 0 Å². The Hall–Kier alpha value is -2.32. The molecule has 1 aromatic heterocycles. The highest BCUT2D eigenvalue weighted by atomic mass is 35.5. The van der Waals surface area contributed by atoms with E-state index in [1.54, 1.807) is 13.0 Å². The van der Waals surface area contributed by atoms with Crippen LogP contribution in [0.25, 0.3) is 11.0 Å². The first-order valence-electron chi connectivity index (χ1n) is 7.31. The standard InChI is InChI=1S/C16H14ClNO6S/c1-9-4-16(20)24-13-6-14(12(17)5-11(9)13)23-7-15(19)18-10-2-3-25(21,22)8-10/h2-6,10H,7-8H2,1H3,(H,18,19)/t10-/m0/s1. The van der Waals surface area contributed by atoms with Crippen LogP contribution in [0.15, 0.2) is 38.9 Å². The molecule has 0 fully saturated rings. The number of ether oxygens (including phenoxy) is 1. The van der Waals surface area contributed by atoms with E-state index < -0.39 is 27.4 Å². The largest absolute Gasteiger partial charge is 0.482 e. The molecule has 3 rings (SSSR count). The van der Waals surface area contributed by atoms with Crippen LogP contribution in [0.4, 0.5) is 0 Å². The molecular weight excluding hydrogens is 370 g/mol. The molecule has 0 saturated carbocycles. The van der Waals surface area contributed by atoms with Crippen LogP contribution in [0.5, 0.6) is 5.75 Å². The molecule has 1 aliphatic rings. The number of carbonyl (C=O) groups is 1. The van der Waals surface area contributed by atoms with E-state index in [1.807, 2.05) is 0 Å². The summed E-state index contributed by atoms with van der Waals surface area (Å²) in [6.07, 6.45) is 1.41. The molecule has 25 heavy (non-hydrogen) atoms. The van der Waals surface area contributed by atoms with Crippen LogP contribution in [-0.4, -0.2) is 32.7 Å². The van der Waals surface area contributed by atoms with Crippen LogP contribution in [-0.2, 0) is 14.6 Å². The highest BCUT2D eigenvalue weighted by Crippen LogP contribution is 2.30. The van der Waals surface area contributed by atoms with E-state index in [4.69, 9.17) is 20.8 Å². The Morgan fingerprint density at radius 1 is 1.40 bits per heavy atom. The first-order chi connectivity index (χ1) is 11.7. The van der Waals surface area contributed by atoms with Crippen molar-refractivity contribution >= 4 is 38.3 Å². The number of halogens is 1. The summed E-state index contributed by atoms with van der Waals surface area (Å²) >= 11 is 6.14. The van der Waals surface area contributed by atoms with Crippen molar-refractivity contribution in [3.8, 4) is 5.75 Å². The van der Waals surface area contributed by atoms with Gasteiger partial charge in [0.1, 0.15) is 11.3 Å². The number of fused-ring (bicyclic) bond motifs is 1. The first-order valence-corrected chi connectivity index (χ1v) is 9.40. The molecule has 0 spiro atoms. The third-order valence-electron chi connectivity index (χ3n) is 3.64. The van der Waals surface area contributed by atoms with Gasteiger partial charge in [0.25, 0.3) is 5.91 Å². The minimum atomic E-state index is -3.25. The molecule has 1 aliphatic heterocycles. The number of carbonyl (C=O) groups excluding carboxylic acids is 1. The Labute approximate surface area is 148 Å². The summed E-state index contributed by atoms with van der Waals surface area (Å²) in [6.45, 7) is 1.40. The van der Waals surface area contributed by atoms with Gasteiger partial charge >= 0.3 is 5.63 Å². The van der Waals surface area contributed by atoms with Crippen LogP contribution in [0, 0.1) is 6.92 Å². The predicted octanol–water partition coefficient (Wildman–Crippen LogP) is 1.56. The quantitative estimate of drug-likeness (QED) is 0.804. The van der Waals surface area contributed by atoms with Crippen molar-refractivity contribution in [3.63, 3.8) is 0 Å². The summed E-state index contributed by atoms with van der Waals surface area (Å²) in [5, 5.41) is 4.54. The SMILES string of the molecule is Cc1cc(=O)oc2cc(OCC(=O)N[C@H]3C=CS(=O)(=O)C3)c(Cl)cc12. The van der Waals surface area contributed by atoms with Crippen molar-refractivity contribution in [2.45, 2.75) is 13.0 Å². The second kappa shape index (κ2) is 6.53. The summed E-state index contributed by atoms with van der Waals surface area (Å²) in [5.41, 5.74) is 0.520. The maximum Gasteiger partial charge on any atom is 0.336 e. The number of hydrogen-bond donors (Lipinski definition) is 1. The van der Waals surface area contributed by atoms with Crippen LogP contribution in [0.2, 0.25) is 5.02 Å². The summed E-state index contributed by atoms with van der Waals surface area (Å²) in [4.78, 5) is 23.3. The number of amides is 1. The summed E-state index contributed by atoms with van der Waals surface area (Å²) in [7, 11) is -3.25. The molecule has 9 heteroatoms. The first kappa shape index (κ1) is 17.5. The fraction of sp³-hybridized carbons (Fsp3) is 0.250. The van der Waals surface area contributed by atoms with Crippen molar-refractivity contribution in [2.24, 2.45) is 0 Å². The van der Waals surface area contributed by atoms with Gasteiger partial charge in [0.05, 0.1) is 16.8 Å². The third-order valence-corrected chi connectivity index (χ3v) is 5.33. The minimum absolute atomic E-state index is 0.167. The fourth-order valence-electron chi connectivity index (χ4n) is 2.49. The lowest BCUT2D eigenvalue weighted by atomic mass is 10.1. The Bertz CT molecular complexity index is 1040. The molecule has 2 heterocycles. The van der Waals surface area contributed by atoms with Crippen molar-refractivity contribution in [1.29, 1.82) is 0 Å². The van der Waals surface area contributed by atoms with Gasteiger partial charge in [-0.3, -0.25) is 4.79 Å². The second-order valence-electron chi connectivity index (χ2n) is 5.65. The second-order valence-corrected chi connectivity index (χ2v) is 7.99. The van der Waals surface area contributed by atoms with Crippen LogP contribution in [0.1, 0.15) is 5.56 Å². The highest BCUT2D eigenvalue weighted by Gasteiger charge is 2.23. The Morgan fingerprint density at radius 3 is 2.84 bits per heavy atom. The molecule has 0 radical (unpaired) electrons. The molecular formula is C16H14ClNO6S. The summed E-state index contributed by atoms with van der Waals surface area (Å²) in [5.74, 6) is -0.471. The molecule has 1 N–H and O–H groups in total. The molecule has 2 aromatic rings. The molecule has 0 unspecified atom stereocenters. The van der Waals surface area contributed by atoms with E-state index in [2.05, 4.69) is 5.32 Å². The van der Waals surface area contributed by atoms with E-state index in [9.17, 15) is 18.0 Å². The van der Waals surface area contributed by atoms with Crippen molar-refractivity contribution in [2.75, 3.05) is 12.4 Å². The molecule has 1 aromatic carbocycles. The maximum absolute atomic E-state index is 11.9. The zero-order valence-corrected chi connectivity index (χ0v) is 14.7. The lowest BCUT2D eigenvalue weighted by molar-refractivity contribution is -0.123. The van der Waals surface area contributed by atoms with Crippen molar-refractivity contribution < 1.29 is 22.4 Å². The van der Waals surface area contributed by atoms with Gasteiger partial charge in [-0.1, -0.05) is 11.6 Å². The van der Waals surface area contributed by atoms with Crippen molar-refractivity contribution in [1.82, 2.24) is 5.32 Å². The van der Waals surface area contributed by atoms with E-state index >= 15 is 0 Å². The summed E-state index contributed by atoms with van der Waals surface area (Å²) in [6, 6.07) is 3.82. The summed E-state index contributed by atoms with van der Waals surface area (Å²) < 4.78 is 33.1. The number of hydrogen-bond acceptors (Lipinski definition) is 6. The van der Waals surface area contributed by atoms with Crippen molar-refractivity contribution in [3.05, 3.63) is 50.7 Å². The molecule has 1 atom stereocenters. The van der Waals surface area contributed by atoms with Gasteiger partial charge in [-0.15, -0.1) is 0 Å². The normalized spacial score (nSPS) is 18.4. The molecule has 132 valence electrons. The molecule has 0 aliphatic carbocycles. The fourth-order valence-corrected chi connectivity index (χ4v) is 3.94. The number of nitrogens with one attached hydrogen (secondary N) is 1. The van der Waals surface area contributed by atoms with Gasteiger partial charge in [-0.2, -0.15) is 0 Å². The van der Waals surface area contributed by atoms with Gasteiger partial charge in [-0.05, 0) is 24.6 Å². The zero-order valence-electron chi connectivity index (χ0n) is 13.1. The number of aryl methyl sites for hydroxylation is 1. The van der Waals surface area contributed by atoms with Gasteiger partial charge in [0.15, 0.2) is 16.4 Å². The minimum Gasteiger partial charge on any atom is -0.482 e. The van der Waals surface area contributed by atoms with E-state index in [1.165, 1.54) is 18.2 Å². The average molecular weight is 384 g/mol. The maximum atomic E-state index is 11.9. The topological polar surface area (TPSA) is 103 Å². The lowest BCUT2D eigenvalue weighted by Crippen LogP contribution is -2.38. The van der Waals surface area contributed by atoms with E-state index in [0.29, 0.717) is 16.5 Å². The number of benzene rings is 1. The van der Waals surface area contributed by atoms with Crippen LogP contribution < -0.4 is 15.7 Å². The molecule has 1 amide bonds. The number of rotatable bonds is 4. The number of sulfone groups is 1. The van der Waals surface area contributed by atoms with Gasteiger partial charge in [0, 0.05) is 22.9 Å². The van der Waals surface area contributed by atoms with E-state index in [0.717, 1.165) is 5.41 Å². The van der Waals surface area contributed by atoms with Crippen LogP contribution >= 0.6 is 11.6 Å². The predicted molar refractivity (Wildman–Crippen MR) is 92.6 cm³/mol. The van der Waals surface area contributed by atoms with E-state index in [-0.39, 0.29) is 23.1 Å². The molecule has 0 bridgehead atoms.